The molecule has 3 rings (SSSR count). The van der Waals surface area contributed by atoms with Gasteiger partial charge in [-0.05, 0) is 72.8 Å². The highest BCUT2D eigenvalue weighted by Crippen LogP contribution is 2.21. The van der Waals surface area contributed by atoms with E-state index in [4.69, 9.17) is 16.3 Å². The van der Waals surface area contributed by atoms with Gasteiger partial charge in [-0.2, -0.15) is 0 Å². The second-order valence-corrected chi connectivity index (χ2v) is 8.80. The summed E-state index contributed by atoms with van der Waals surface area (Å²) in [4.78, 5) is 23.2. The smallest absolute Gasteiger partial charge is 0.262 e. The van der Waals surface area contributed by atoms with Crippen LogP contribution in [-0.4, -0.2) is 26.8 Å². The minimum atomic E-state index is -3.78. The van der Waals surface area contributed by atoms with Crippen molar-refractivity contribution < 1.29 is 22.7 Å². The predicted molar refractivity (Wildman–Crippen MR) is 124 cm³/mol. The summed E-state index contributed by atoms with van der Waals surface area (Å²) in [6.07, 6.45) is 0. The number of carbonyl (C=O) groups is 2. The van der Waals surface area contributed by atoms with Gasteiger partial charge in [0.05, 0.1) is 4.90 Å². The third-order valence-electron chi connectivity index (χ3n) is 4.09. The summed E-state index contributed by atoms with van der Waals surface area (Å²) in [6, 6.07) is 18.6. The molecule has 0 bridgehead atoms. The Balaban J connectivity index is 1.53. The van der Waals surface area contributed by atoms with Crippen LogP contribution in [0.25, 0.3) is 0 Å². The molecule has 3 aromatic carbocycles. The fraction of sp³-hybridized carbons (Fsp3) is 0.0909. The summed E-state index contributed by atoms with van der Waals surface area (Å²) < 4.78 is 32.8. The van der Waals surface area contributed by atoms with Gasteiger partial charge in [-0.3, -0.25) is 14.3 Å². The van der Waals surface area contributed by atoms with Crippen molar-refractivity contribution in [2.24, 2.45) is 0 Å². The molecule has 2 amide bonds. The van der Waals surface area contributed by atoms with E-state index in [1.165, 1.54) is 31.2 Å². The van der Waals surface area contributed by atoms with Gasteiger partial charge in [0.25, 0.3) is 15.9 Å². The van der Waals surface area contributed by atoms with E-state index in [1.807, 2.05) is 0 Å². The molecule has 0 atom stereocenters. The van der Waals surface area contributed by atoms with Gasteiger partial charge in [-0.25, -0.2) is 8.42 Å². The van der Waals surface area contributed by atoms with Gasteiger partial charge in [0.1, 0.15) is 5.75 Å². The number of sulfonamides is 1. The van der Waals surface area contributed by atoms with E-state index in [0.717, 1.165) is 0 Å². The third kappa shape index (κ3) is 6.73. The fourth-order valence-electron chi connectivity index (χ4n) is 2.63. The Hall–Kier alpha value is -3.56. The number of amides is 2. The van der Waals surface area contributed by atoms with Crippen LogP contribution in [0.15, 0.2) is 77.7 Å². The number of ether oxygens (including phenoxy) is 1. The van der Waals surface area contributed by atoms with Crippen molar-refractivity contribution in [3.05, 3.63) is 77.8 Å². The van der Waals surface area contributed by atoms with E-state index in [2.05, 4.69) is 15.4 Å². The van der Waals surface area contributed by atoms with Gasteiger partial charge in [0.2, 0.25) is 5.91 Å². The molecule has 0 saturated heterocycles. The van der Waals surface area contributed by atoms with Crippen LogP contribution in [0.5, 0.6) is 5.75 Å². The zero-order valence-electron chi connectivity index (χ0n) is 17.0. The average Bonchev–Trinajstić information content (AvgIpc) is 2.75. The molecule has 0 spiro atoms. The zero-order chi connectivity index (χ0) is 23.1. The van der Waals surface area contributed by atoms with Crippen molar-refractivity contribution >= 4 is 50.5 Å². The first-order chi connectivity index (χ1) is 15.2. The van der Waals surface area contributed by atoms with E-state index in [1.54, 1.807) is 48.5 Å². The SMILES string of the molecule is CC(=O)Nc1ccc(NC(=O)COc2ccc(S(=O)(=O)Nc3ccc(Cl)cc3)cc2)cc1. The summed E-state index contributed by atoms with van der Waals surface area (Å²) >= 11 is 5.80. The van der Waals surface area contributed by atoms with Crippen LogP contribution in [0.2, 0.25) is 5.02 Å². The topological polar surface area (TPSA) is 114 Å². The van der Waals surface area contributed by atoms with Crippen LogP contribution in [-0.2, 0) is 19.6 Å². The lowest BCUT2D eigenvalue weighted by molar-refractivity contribution is -0.118. The highest BCUT2D eigenvalue weighted by Gasteiger charge is 2.14. The second-order valence-electron chi connectivity index (χ2n) is 6.68. The van der Waals surface area contributed by atoms with Gasteiger partial charge in [-0.1, -0.05) is 11.6 Å². The molecule has 0 aliphatic rings. The molecular weight excluding hydrogens is 454 g/mol. The summed E-state index contributed by atoms with van der Waals surface area (Å²) in [5, 5.41) is 5.80. The first-order valence-corrected chi connectivity index (χ1v) is 11.3. The van der Waals surface area contributed by atoms with Gasteiger partial charge < -0.3 is 15.4 Å². The summed E-state index contributed by atoms with van der Waals surface area (Å²) in [7, 11) is -3.78. The van der Waals surface area contributed by atoms with Gasteiger partial charge >= 0.3 is 0 Å². The number of hydrogen-bond donors (Lipinski definition) is 3. The van der Waals surface area contributed by atoms with Crippen LogP contribution >= 0.6 is 11.6 Å². The Labute approximate surface area is 190 Å². The summed E-state index contributed by atoms with van der Waals surface area (Å²) in [5.41, 5.74) is 1.55. The number of hydrogen-bond acceptors (Lipinski definition) is 5. The first-order valence-electron chi connectivity index (χ1n) is 9.40. The quantitative estimate of drug-likeness (QED) is 0.455. The Bertz CT molecular complexity index is 1200. The Morgan fingerprint density at radius 3 is 1.91 bits per heavy atom. The third-order valence-corrected chi connectivity index (χ3v) is 5.74. The number of anilines is 3. The molecule has 0 radical (unpaired) electrons. The number of nitrogens with one attached hydrogen (secondary N) is 3. The highest BCUT2D eigenvalue weighted by atomic mass is 35.5. The fourth-order valence-corrected chi connectivity index (χ4v) is 3.82. The maximum absolute atomic E-state index is 12.5. The lowest BCUT2D eigenvalue weighted by atomic mass is 10.2. The zero-order valence-corrected chi connectivity index (χ0v) is 18.5. The van der Waals surface area contributed by atoms with Gasteiger partial charge in [0, 0.05) is 29.0 Å². The maximum Gasteiger partial charge on any atom is 0.262 e. The van der Waals surface area contributed by atoms with Crippen molar-refractivity contribution in [3.63, 3.8) is 0 Å². The molecule has 3 aromatic rings. The number of carbonyl (C=O) groups excluding carboxylic acids is 2. The minimum absolute atomic E-state index is 0.0449. The van der Waals surface area contributed by atoms with E-state index < -0.39 is 15.9 Å². The molecule has 3 N–H and O–H groups in total. The van der Waals surface area contributed by atoms with Crippen molar-refractivity contribution in [2.75, 3.05) is 22.0 Å². The second kappa shape index (κ2) is 10.2. The first kappa shape index (κ1) is 23.1. The molecule has 0 aliphatic carbocycles. The number of rotatable bonds is 8. The van der Waals surface area contributed by atoms with Crippen molar-refractivity contribution in [1.82, 2.24) is 0 Å². The maximum atomic E-state index is 12.5. The number of halogens is 1. The molecule has 166 valence electrons. The molecule has 32 heavy (non-hydrogen) atoms. The van der Waals surface area contributed by atoms with Gasteiger partial charge in [-0.15, -0.1) is 0 Å². The Morgan fingerprint density at radius 1 is 0.812 bits per heavy atom. The van der Waals surface area contributed by atoms with E-state index in [9.17, 15) is 18.0 Å². The molecule has 0 saturated carbocycles. The van der Waals surface area contributed by atoms with Crippen LogP contribution in [0.3, 0.4) is 0 Å². The van der Waals surface area contributed by atoms with Gasteiger partial charge in [0.15, 0.2) is 6.61 Å². The lowest BCUT2D eigenvalue weighted by Crippen LogP contribution is -2.20. The Kier molecular flexibility index (Phi) is 7.34. The average molecular weight is 474 g/mol. The molecule has 10 heteroatoms. The molecule has 0 aromatic heterocycles. The monoisotopic (exact) mass is 473 g/mol. The van der Waals surface area contributed by atoms with Crippen molar-refractivity contribution in [1.29, 1.82) is 0 Å². The van der Waals surface area contributed by atoms with Crippen LogP contribution in [0.1, 0.15) is 6.92 Å². The molecule has 0 aliphatic heterocycles. The van der Waals surface area contributed by atoms with E-state index >= 15 is 0 Å². The highest BCUT2D eigenvalue weighted by molar-refractivity contribution is 7.92. The lowest BCUT2D eigenvalue weighted by Gasteiger charge is -2.10. The normalized spacial score (nSPS) is 10.8. The molecule has 0 unspecified atom stereocenters. The Morgan fingerprint density at radius 2 is 1.34 bits per heavy atom. The van der Waals surface area contributed by atoms with Crippen molar-refractivity contribution in [2.45, 2.75) is 11.8 Å². The van der Waals surface area contributed by atoms with E-state index in [0.29, 0.717) is 27.8 Å². The predicted octanol–water partition coefficient (Wildman–Crippen LogP) is 4.12. The largest absolute Gasteiger partial charge is 0.484 e. The van der Waals surface area contributed by atoms with E-state index in [-0.39, 0.29) is 17.4 Å². The molecule has 8 nitrogen and oxygen atoms in total. The summed E-state index contributed by atoms with van der Waals surface area (Å²) in [5.74, 6) is -0.236. The molecule has 0 fully saturated rings. The number of benzene rings is 3. The van der Waals surface area contributed by atoms with Crippen LogP contribution < -0.4 is 20.1 Å². The van der Waals surface area contributed by atoms with Crippen molar-refractivity contribution in [3.8, 4) is 5.75 Å². The molecular formula is C22H20ClN3O5S. The van der Waals surface area contributed by atoms with Crippen LogP contribution in [0, 0.1) is 0 Å². The minimum Gasteiger partial charge on any atom is -0.484 e. The standard InChI is InChI=1S/C22H20ClN3O5S/c1-15(27)24-17-6-8-18(9-7-17)25-22(28)14-31-20-10-12-21(13-11-20)32(29,30)26-19-4-2-16(23)3-5-19/h2-13,26H,14H2,1H3,(H,24,27)(H,25,28). The van der Waals surface area contributed by atoms with Crippen LogP contribution in [0.4, 0.5) is 17.1 Å². The summed E-state index contributed by atoms with van der Waals surface area (Å²) in [6.45, 7) is 1.15. The molecule has 0 heterocycles.